The Labute approximate surface area is 233 Å². The number of methoxy groups -OCH3 is 1. The third kappa shape index (κ3) is 5.86. The fourth-order valence-corrected chi connectivity index (χ4v) is 5.45. The van der Waals surface area contributed by atoms with Gasteiger partial charge in [0.1, 0.15) is 24.7 Å². The van der Waals surface area contributed by atoms with Gasteiger partial charge in [-0.15, -0.1) is 0 Å². The van der Waals surface area contributed by atoms with Gasteiger partial charge in [-0.25, -0.2) is 4.79 Å². The number of hydrogen-bond donors (Lipinski definition) is 1. The Balaban J connectivity index is 1.43. The molecule has 3 aromatic rings. The van der Waals surface area contributed by atoms with Gasteiger partial charge in [0.25, 0.3) is 0 Å². The van der Waals surface area contributed by atoms with Gasteiger partial charge in [-0.3, -0.25) is 4.79 Å². The lowest BCUT2D eigenvalue weighted by Gasteiger charge is -2.36. The molecule has 1 aliphatic carbocycles. The maximum atomic E-state index is 13.8. The second-order valence-corrected chi connectivity index (χ2v) is 10.1. The van der Waals surface area contributed by atoms with Gasteiger partial charge in [0, 0.05) is 34.3 Å². The fourth-order valence-electron chi connectivity index (χ4n) is 5.32. The molecule has 0 radical (unpaired) electrons. The predicted octanol–water partition coefficient (Wildman–Crippen LogP) is 6.33. The molecule has 0 aromatic heterocycles. The first-order chi connectivity index (χ1) is 18.9. The number of benzene rings is 3. The van der Waals surface area contributed by atoms with Crippen molar-refractivity contribution in [1.29, 1.82) is 0 Å². The first-order valence-corrected chi connectivity index (χ1v) is 13.3. The molecule has 1 heterocycles. The van der Waals surface area contributed by atoms with E-state index >= 15 is 0 Å². The minimum absolute atomic E-state index is 0.00160. The van der Waals surface area contributed by atoms with E-state index in [2.05, 4.69) is 5.32 Å². The fraction of sp³-hybridized carbons (Fsp3) is 0.250. The van der Waals surface area contributed by atoms with Crippen molar-refractivity contribution in [1.82, 2.24) is 5.32 Å². The molecule has 0 amide bonds. The van der Waals surface area contributed by atoms with E-state index < -0.39 is 11.9 Å². The van der Waals surface area contributed by atoms with Crippen LogP contribution in [0.5, 0.6) is 11.5 Å². The van der Waals surface area contributed by atoms with Gasteiger partial charge in [-0.1, -0.05) is 54.1 Å². The van der Waals surface area contributed by atoms with Crippen LogP contribution >= 0.6 is 11.6 Å². The molecular formula is C32H30ClNO5. The number of carbonyl (C=O) groups is 2. The largest absolute Gasteiger partial charge is 0.497 e. The normalized spacial score (nSPS) is 18.8. The van der Waals surface area contributed by atoms with Crippen LogP contribution in [0, 0.1) is 0 Å². The molecule has 7 heteroatoms. The number of ether oxygens (including phenoxy) is 3. The molecule has 39 heavy (non-hydrogen) atoms. The van der Waals surface area contributed by atoms with E-state index in [9.17, 15) is 9.59 Å². The summed E-state index contributed by atoms with van der Waals surface area (Å²) in [5.41, 5.74) is 4.38. The summed E-state index contributed by atoms with van der Waals surface area (Å²) in [4.78, 5) is 27.3. The lowest BCUT2D eigenvalue weighted by molar-refractivity contribution is -0.140. The van der Waals surface area contributed by atoms with Crippen LogP contribution in [0.2, 0.25) is 5.02 Å². The Morgan fingerprint density at radius 2 is 1.67 bits per heavy atom. The van der Waals surface area contributed by atoms with E-state index in [0.717, 1.165) is 16.8 Å². The molecule has 200 valence electrons. The number of dihydropyridines is 1. The number of carbonyl (C=O) groups excluding carboxylic acids is 2. The van der Waals surface area contributed by atoms with E-state index in [-0.39, 0.29) is 24.9 Å². The summed E-state index contributed by atoms with van der Waals surface area (Å²) in [5.74, 6) is 0.318. The molecule has 2 atom stereocenters. The first-order valence-electron chi connectivity index (χ1n) is 12.9. The average molecular weight is 544 g/mol. The average Bonchev–Trinajstić information content (AvgIpc) is 2.95. The monoisotopic (exact) mass is 543 g/mol. The molecule has 0 saturated carbocycles. The molecule has 0 unspecified atom stereocenters. The number of para-hydroxylation sites is 1. The first kappa shape index (κ1) is 26.6. The van der Waals surface area contributed by atoms with Gasteiger partial charge in [0.05, 0.1) is 12.7 Å². The molecule has 1 N–H and O–H groups in total. The third-order valence-electron chi connectivity index (χ3n) is 7.14. The van der Waals surface area contributed by atoms with Crippen molar-refractivity contribution in [2.45, 2.75) is 31.6 Å². The number of halogens is 1. The van der Waals surface area contributed by atoms with Crippen LogP contribution in [0.4, 0.5) is 0 Å². The van der Waals surface area contributed by atoms with Crippen LogP contribution in [0.25, 0.3) is 0 Å². The molecule has 2 aliphatic rings. The highest BCUT2D eigenvalue weighted by Gasteiger charge is 2.41. The minimum Gasteiger partial charge on any atom is -0.497 e. The van der Waals surface area contributed by atoms with Gasteiger partial charge in [0.2, 0.25) is 0 Å². The summed E-state index contributed by atoms with van der Waals surface area (Å²) >= 11 is 6.09. The van der Waals surface area contributed by atoms with Crippen LogP contribution in [-0.4, -0.2) is 32.1 Å². The summed E-state index contributed by atoms with van der Waals surface area (Å²) in [5, 5.41) is 4.04. The van der Waals surface area contributed by atoms with Gasteiger partial charge in [0.15, 0.2) is 5.78 Å². The van der Waals surface area contributed by atoms with Crippen molar-refractivity contribution in [3.05, 3.63) is 118 Å². The molecule has 0 saturated heterocycles. The quantitative estimate of drug-likeness (QED) is 0.264. The Morgan fingerprint density at radius 1 is 0.923 bits per heavy atom. The lowest BCUT2D eigenvalue weighted by atomic mass is 9.71. The van der Waals surface area contributed by atoms with Gasteiger partial charge in [-0.2, -0.15) is 0 Å². The summed E-state index contributed by atoms with van der Waals surface area (Å²) < 4.78 is 16.8. The van der Waals surface area contributed by atoms with Crippen molar-refractivity contribution < 1.29 is 23.8 Å². The summed E-state index contributed by atoms with van der Waals surface area (Å²) in [6.45, 7) is 2.15. The number of rotatable bonds is 8. The van der Waals surface area contributed by atoms with E-state index in [4.69, 9.17) is 25.8 Å². The number of esters is 1. The van der Waals surface area contributed by atoms with Crippen molar-refractivity contribution >= 4 is 23.4 Å². The van der Waals surface area contributed by atoms with Crippen molar-refractivity contribution in [3.8, 4) is 11.5 Å². The van der Waals surface area contributed by atoms with Crippen molar-refractivity contribution in [3.63, 3.8) is 0 Å². The van der Waals surface area contributed by atoms with Crippen LogP contribution < -0.4 is 14.8 Å². The Kier molecular flexibility index (Phi) is 8.03. The predicted molar refractivity (Wildman–Crippen MR) is 150 cm³/mol. The second kappa shape index (κ2) is 11.8. The lowest BCUT2D eigenvalue weighted by Crippen LogP contribution is -2.36. The van der Waals surface area contributed by atoms with E-state index in [1.807, 2.05) is 85.8 Å². The molecule has 6 nitrogen and oxygen atoms in total. The molecule has 0 fully saturated rings. The van der Waals surface area contributed by atoms with E-state index in [1.54, 1.807) is 7.11 Å². The van der Waals surface area contributed by atoms with Crippen LogP contribution in [0.3, 0.4) is 0 Å². The zero-order chi connectivity index (χ0) is 27.4. The SMILES string of the molecule is COc1cccc([C@@H]2C(C(=O)OCCOc3ccccc3)=C(C)NC3=C2C(=O)C[C@@H](c2ccc(Cl)cc2)C3)c1. The van der Waals surface area contributed by atoms with Crippen LogP contribution in [0.15, 0.2) is 101 Å². The zero-order valence-electron chi connectivity index (χ0n) is 21.9. The molecule has 0 spiro atoms. The standard InChI is InChI=1S/C32H30ClNO5/c1-20-29(32(36)39-16-15-38-25-8-4-3-5-9-25)30(22-7-6-10-26(17-22)37-2)31-27(34-20)18-23(19-28(31)35)21-11-13-24(33)14-12-21/h3-14,17,23,30,34H,15-16,18-19H2,1-2H3/t23-,30+/m0/s1. The highest BCUT2D eigenvalue weighted by molar-refractivity contribution is 6.30. The topological polar surface area (TPSA) is 73.9 Å². The van der Waals surface area contributed by atoms with E-state index in [1.165, 1.54) is 0 Å². The number of Topliss-reactive ketones (excluding diaryl/α,β-unsaturated/α-hetero) is 1. The Bertz CT molecular complexity index is 1430. The molecular weight excluding hydrogens is 514 g/mol. The number of ketones is 1. The maximum Gasteiger partial charge on any atom is 0.336 e. The van der Waals surface area contributed by atoms with Gasteiger partial charge in [-0.05, 0) is 66.8 Å². The summed E-state index contributed by atoms with van der Waals surface area (Å²) in [6, 6.07) is 24.5. The molecule has 0 bridgehead atoms. The van der Waals surface area contributed by atoms with Gasteiger partial charge < -0.3 is 19.5 Å². The summed E-state index contributed by atoms with van der Waals surface area (Å²) in [6.07, 6.45) is 0.989. The maximum absolute atomic E-state index is 13.8. The Morgan fingerprint density at radius 3 is 2.41 bits per heavy atom. The smallest absolute Gasteiger partial charge is 0.336 e. The zero-order valence-corrected chi connectivity index (χ0v) is 22.7. The highest BCUT2D eigenvalue weighted by atomic mass is 35.5. The van der Waals surface area contributed by atoms with E-state index in [0.29, 0.717) is 46.2 Å². The van der Waals surface area contributed by atoms with Crippen LogP contribution in [-0.2, 0) is 14.3 Å². The molecule has 5 rings (SSSR count). The second-order valence-electron chi connectivity index (χ2n) is 9.64. The molecule has 1 aliphatic heterocycles. The highest BCUT2D eigenvalue weighted by Crippen LogP contribution is 2.46. The van der Waals surface area contributed by atoms with Crippen molar-refractivity contribution in [2.75, 3.05) is 20.3 Å². The number of allylic oxidation sites excluding steroid dienone is 3. The summed E-state index contributed by atoms with van der Waals surface area (Å²) in [7, 11) is 1.59. The van der Waals surface area contributed by atoms with Crippen molar-refractivity contribution in [2.24, 2.45) is 0 Å². The number of nitrogens with one attached hydrogen (secondary N) is 1. The Hall–Kier alpha value is -4.03. The minimum atomic E-state index is -0.572. The van der Waals surface area contributed by atoms with Crippen LogP contribution in [0.1, 0.15) is 42.7 Å². The number of hydrogen-bond acceptors (Lipinski definition) is 6. The van der Waals surface area contributed by atoms with Gasteiger partial charge >= 0.3 is 5.97 Å². The third-order valence-corrected chi connectivity index (χ3v) is 7.40. The molecule has 3 aromatic carbocycles.